The first-order valence-corrected chi connectivity index (χ1v) is 13.8. The molecule has 0 saturated heterocycles. The maximum atomic E-state index is 12.5. The van der Waals surface area contributed by atoms with Crippen LogP contribution in [0.1, 0.15) is 55.5 Å². The summed E-state index contributed by atoms with van der Waals surface area (Å²) in [5.74, 6) is 0.414. The average Bonchev–Trinajstić information content (AvgIpc) is 2.77. The number of carbonyl (C=O) groups excluding carboxylic acids is 1. The van der Waals surface area contributed by atoms with Gasteiger partial charge in [-0.05, 0) is 48.4 Å². The number of benzene rings is 2. The first kappa shape index (κ1) is 25.3. The van der Waals surface area contributed by atoms with Gasteiger partial charge in [-0.2, -0.15) is 0 Å². The molecule has 0 heterocycles. The Bertz CT molecular complexity index is 944. The Morgan fingerprint density at radius 1 is 1.10 bits per heavy atom. The third-order valence-corrected chi connectivity index (χ3v) is 7.30. The van der Waals surface area contributed by atoms with Crippen LogP contribution in [-0.4, -0.2) is 33.4 Å². The van der Waals surface area contributed by atoms with Gasteiger partial charge in [0.15, 0.2) is 0 Å². The highest BCUT2D eigenvalue weighted by Gasteiger charge is 2.20. The van der Waals surface area contributed by atoms with Crippen LogP contribution in [0.25, 0.3) is 0 Å². The van der Waals surface area contributed by atoms with Crippen molar-refractivity contribution >= 4 is 33.4 Å². The molecule has 7 heteroatoms. The lowest BCUT2D eigenvalue weighted by Gasteiger charge is -2.24. The van der Waals surface area contributed by atoms with Gasteiger partial charge < -0.3 is 5.32 Å². The normalized spacial score (nSPS) is 12.4. The zero-order valence-electron chi connectivity index (χ0n) is 18.9. The predicted molar refractivity (Wildman–Crippen MR) is 131 cm³/mol. The fraction of sp³-hybridized carbons (Fsp3) is 0.458. The molecule has 2 aromatic carbocycles. The number of sulfonamides is 1. The second kappa shape index (κ2) is 12.2. The Balaban J connectivity index is 2.10. The molecule has 31 heavy (non-hydrogen) atoms. The van der Waals surface area contributed by atoms with Gasteiger partial charge >= 0.3 is 0 Å². The van der Waals surface area contributed by atoms with E-state index < -0.39 is 10.0 Å². The van der Waals surface area contributed by atoms with Crippen LogP contribution in [-0.2, 0) is 16.6 Å². The van der Waals surface area contributed by atoms with E-state index in [0.29, 0.717) is 23.7 Å². The second-order valence-electron chi connectivity index (χ2n) is 7.76. The van der Waals surface area contributed by atoms with Crippen molar-refractivity contribution in [3.63, 3.8) is 0 Å². The molecule has 2 rings (SSSR count). The average molecular weight is 463 g/mol. The molecule has 1 N–H and O–H groups in total. The van der Waals surface area contributed by atoms with Gasteiger partial charge in [-0.1, -0.05) is 57.4 Å². The minimum atomic E-state index is -3.46. The maximum absolute atomic E-state index is 12.5. The van der Waals surface area contributed by atoms with Crippen LogP contribution in [0.5, 0.6) is 0 Å². The number of hydrogen-bond donors (Lipinski definition) is 1. The van der Waals surface area contributed by atoms with Crippen molar-refractivity contribution < 1.29 is 13.2 Å². The van der Waals surface area contributed by atoms with Crippen LogP contribution in [0.15, 0.2) is 53.4 Å². The predicted octanol–water partition coefficient (Wildman–Crippen LogP) is 5.32. The fourth-order valence-corrected chi connectivity index (χ4v) is 4.99. The van der Waals surface area contributed by atoms with E-state index in [1.807, 2.05) is 42.7 Å². The minimum absolute atomic E-state index is 0.0887. The third-order valence-electron chi connectivity index (χ3n) is 5.39. The number of carbonyl (C=O) groups is 1. The fourth-order valence-electron chi connectivity index (χ4n) is 3.43. The monoisotopic (exact) mass is 462 g/mol. The Morgan fingerprint density at radius 3 is 2.35 bits per heavy atom. The molecule has 0 saturated carbocycles. The molecule has 0 aromatic heterocycles. The van der Waals surface area contributed by atoms with Crippen LogP contribution in [0.4, 0.5) is 5.69 Å². The molecule has 0 bridgehead atoms. The zero-order chi connectivity index (χ0) is 22.9. The quantitative estimate of drug-likeness (QED) is 0.434. The number of rotatable bonds is 12. The maximum Gasteiger partial charge on any atom is 0.251 e. The van der Waals surface area contributed by atoms with E-state index in [0.717, 1.165) is 29.7 Å². The summed E-state index contributed by atoms with van der Waals surface area (Å²) in [6.45, 7) is 5.24. The molecular formula is C24H34N2O3S2. The van der Waals surface area contributed by atoms with Crippen molar-refractivity contribution in [3.05, 3.63) is 59.7 Å². The van der Waals surface area contributed by atoms with Crippen molar-refractivity contribution in [3.8, 4) is 0 Å². The summed E-state index contributed by atoms with van der Waals surface area (Å²) in [5.41, 5.74) is 2.08. The molecule has 0 radical (unpaired) electrons. The van der Waals surface area contributed by atoms with Crippen molar-refractivity contribution in [1.29, 1.82) is 0 Å². The third kappa shape index (κ3) is 7.58. The van der Waals surface area contributed by atoms with Crippen LogP contribution in [0.3, 0.4) is 0 Å². The van der Waals surface area contributed by atoms with E-state index >= 15 is 0 Å². The Kier molecular flexibility index (Phi) is 9.91. The number of unbranched alkanes of at least 4 members (excludes halogenated alkanes) is 1. The number of amides is 1. The van der Waals surface area contributed by atoms with E-state index in [-0.39, 0.29) is 12.5 Å². The van der Waals surface area contributed by atoms with E-state index in [9.17, 15) is 13.2 Å². The van der Waals surface area contributed by atoms with Gasteiger partial charge in [0.2, 0.25) is 10.0 Å². The smallest absolute Gasteiger partial charge is 0.251 e. The van der Waals surface area contributed by atoms with Gasteiger partial charge in [0, 0.05) is 17.0 Å². The molecule has 1 atom stereocenters. The molecule has 0 aliphatic rings. The van der Waals surface area contributed by atoms with Crippen LogP contribution in [0.2, 0.25) is 0 Å². The molecule has 5 nitrogen and oxygen atoms in total. The van der Waals surface area contributed by atoms with Gasteiger partial charge in [0.1, 0.15) is 0 Å². The summed E-state index contributed by atoms with van der Waals surface area (Å²) in [4.78, 5) is 13.4. The number of thioether (sulfide) groups is 1. The summed E-state index contributed by atoms with van der Waals surface area (Å²) in [5, 5.41) is 3.04. The molecule has 2 aromatic rings. The van der Waals surface area contributed by atoms with Gasteiger partial charge in [-0.15, -0.1) is 11.8 Å². The van der Waals surface area contributed by atoms with E-state index in [1.165, 1.54) is 28.7 Å². The summed E-state index contributed by atoms with van der Waals surface area (Å²) in [6.07, 6.45) is 7.67. The van der Waals surface area contributed by atoms with Crippen molar-refractivity contribution in [2.24, 2.45) is 5.92 Å². The van der Waals surface area contributed by atoms with Crippen molar-refractivity contribution in [2.75, 3.05) is 23.4 Å². The van der Waals surface area contributed by atoms with Gasteiger partial charge in [-0.25, -0.2) is 8.42 Å². The SMILES string of the molecule is CCCC[C@H](CC)CNC(=O)c1ccc(CN(c2ccccc2SC)S(C)(=O)=O)cc1. The van der Waals surface area contributed by atoms with E-state index in [4.69, 9.17) is 0 Å². The molecule has 0 aliphatic carbocycles. The highest BCUT2D eigenvalue weighted by Crippen LogP contribution is 2.31. The molecule has 0 unspecified atom stereocenters. The first-order valence-electron chi connectivity index (χ1n) is 10.8. The molecule has 0 aliphatic heterocycles. The highest BCUT2D eigenvalue weighted by atomic mass is 32.2. The summed E-state index contributed by atoms with van der Waals surface area (Å²) < 4.78 is 26.4. The molecule has 0 fully saturated rings. The number of para-hydroxylation sites is 1. The molecule has 170 valence electrons. The lowest BCUT2D eigenvalue weighted by Crippen LogP contribution is -2.30. The first-order chi connectivity index (χ1) is 14.8. The number of nitrogens with zero attached hydrogens (tertiary/aromatic N) is 1. The zero-order valence-corrected chi connectivity index (χ0v) is 20.6. The Labute approximate surface area is 191 Å². The Morgan fingerprint density at radius 2 is 1.77 bits per heavy atom. The van der Waals surface area contributed by atoms with Crippen LogP contribution in [0, 0.1) is 5.92 Å². The van der Waals surface area contributed by atoms with Gasteiger partial charge in [0.05, 0.1) is 18.5 Å². The van der Waals surface area contributed by atoms with Crippen molar-refractivity contribution in [2.45, 2.75) is 51.0 Å². The van der Waals surface area contributed by atoms with Gasteiger partial charge in [0.25, 0.3) is 5.91 Å². The van der Waals surface area contributed by atoms with Crippen LogP contribution < -0.4 is 9.62 Å². The molecule has 1 amide bonds. The van der Waals surface area contributed by atoms with Crippen LogP contribution >= 0.6 is 11.8 Å². The number of nitrogens with one attached hydrogen (secondary N) is 1. The largest absolute Gasteiger partial charge is 0.352 e. The van der Waals surface area contributed by atoms with E-state index in [1.54, 1.807) is 12.1 Å². The van der Waals surface area contributed by atoms with Crippen molar-refractivity contribution in [1.82, 2.24) is 5.32 Å². The lowest BCUT2D eigenvalue weighted by molar-refractivity contribution is 0.0946. The van der Waals surface area contributed by atoms with E-state index in [2.05, 4.69) is 19.2 Å². The summed E-state index contributed by atoms with van der Waals surface area (Å²) in [7, 11) is -3.46. The lowest BCUT2D eigenvalue weighted by atomic mass is 9.99. The number of anilines is 1. The molecular weight excluding hydrogens is 428 g/mol. The van der Waals surface area contributed by atoms with Gasteiger partial charge in [-0.3, -0.25) is 9.10 Å². The summed E-state index contributed by atoms with van der Waals surface area (Å²) in [6, 6.07) is 14.6. The molecule has 0 spiro atoms. The highest BCUT2D eigenvalue weighted by molar-refractivity contribution is 7.99. The topological polar surface area (TPSA) is 66.5 Å². The second-order valence-corrected chi connectivity index (χ2v) is 10.5. The number of hydrogen-bond acceptors (Lipinski definition) is 4. The Hall–Kier alpha value is -1.99. The minimum Gasteiger partial charge on any atom is -0.352 e. The summed E-state index contributed by atoms with van der Waals surface area (Å²) >= 11 is 1.51. The standard InChI is InChI=1S/C24H34N2O3S2/c1-5-7-10-19(6-2)17-25-24(27)21-15-13-20(14-16-21)18-26(31(4,28)29)22-11-8-9-12-23(22)30-3/h8-9,11-16,19H,5-7,10,17-18H2,1-4H3,(H,25,27)/t19-/m0/s1.